The maximum Gasteiger partial charge on any atom is 0.192 e. The van der Waals surface area contributed by atoms with E-state index in [4.69, 9.17) is 5.11 Å². The second-order valence-electron chi connectivity index (χ2n) is 3.14. The monoisotopic (exact) mass is 174 g/mol. The number of rotatable bonds is 0. The fourth-order valence-electron chi connectivity index (χ4n) is 1.64. The first-order valence-electron chi connectivity index (χ1n) is 4.29. The third-order valence-electron chi connectivity index (χ3n) is 2.37. The summed E-state index contributed by atoms with van der Waals surface area (Å²) in [7, 11) is 0. The molecule has 0 aliphatic heterocycles. The second kappa shape index (κ2) is 3.05. The summed E-state index contributed by atoms with van der Waals surface area (Å²) < 4.78 is 0. The molecule has 0 saturated heterocycles. The van der Waals surface area contributed by atoms with Crippen molar-refractivity contribution in [3.05, 3.63) is 47.2 Å². The van der Waals surface area contributed by atoms with Crippen LogP contribution in [0.25, 0.3) is 0 Å². The van der Waals surface area contributed by atoms with Crippen LogP contribution in [0.15, 0.2) is 36.1 Å². The van der Waals surface area contributed by atoms with E-state index in [-0.39, 0.29) is 5.78 Å². The van der Waals surface area contributed by atoms with Gasteiger partial charge < -0.3 is 5.11 Å². The molecule has 0 fully saturated rings. The molecule has 1 aliphatic carbocycles. The number of hydrogen-bond acceptors (Lipinski definition) is 2. The van der Waals surface area contributed by atoms with Gasteiger partial charge in [-0.25, -0.2) is 0 Å². The molecule has 0 saturated carbocycles. The molecule has 0 heterocycles. The van der Waals surface area contributed by atoms with Crippen LogP contribution in [-0.2, 0) is 6.42 Å². The molecule has 0 amide bonds. The van der Waals surface area contributed by atoms with Crippen LogP contribution in [0.3, 0.4) is 0 Å². The summed E-state index contributed by atoms with van der Waals surface area (Å²) >= 11 is 0. The predicted molar refractivity (Wildman–Crippen MR) is 49.8 cm³/mol. The van der Waals surface area contributed by atoms with Crippen LogP contribution < -0.4 is 0 Å². The maximum absolute atomic E-state index is 11.6. The molecule has 0 atom stereocenters. The third kappa shape index (κ3) is 1.24. The van der Waals surface area contributed by atoms with Crippen molar-refractivity contribution < 1.29 is 9.90 Å². The van der Waals surface area contributed by atoms with Crippen LogP contribution in [0.4, 0.5) is 0 Å². The van der Waals surface area contributed by atoms with E-state index in [0.29, 0.717) is 12.0 Å². The van der Waals surface area contributed by atoms with Crippen molar-refractivity contribution in [2.45, 2.75) is 12.8 Å². The minimum atomic E-state index is -0.0376. The predicted octanol–water partition coefficient (Wildman–Crippen LogP) is 2.26. The summed E-state index contributed by atoms with van der Waals surface area (Å²) in [5.74, 6) is -0.0376. The van der Waals surface area contributed by atoms with E-state index >= 15 is 0 Å². The Hall–Kier alpha value is -1.57. The van der Waals surface area contributed by atoms with Gasteiger partial charge in [0.2, 0.25) is 0 Å². The van der Waals surface area contributed by atoms with Crippen molar-refractivity contribution >= 4 is 5.78 Å². The van der Waals surface area contributed by atoms with Gasteiger partial charge in [0.05, 0.1) is 6.26 Å². The van der Waals surface area contributed by atoms with Crippen LogP contribution in [0.1, 0.15) is 22.3 Å². The lowest BCUT2D eigenvalue weighted by Crippen LogP contribution is -2.13. The van der Waals surface area contributed by atoms with Gasteiger partial charge in [-0.1, -0.05) is 24.3 Å². The van der Waals surface area contributed by atoms with Gasteiger partial charge in [0, 0.05) is 11.1 Å². The van der Waals surface area contributed by atoms with Crippen LogP contribution in [0.5, 0.6) is 0 Å². The Morgan fingerprint density at radius 3 is 2.77 bits per heavy atom. The van der Waals surface area contributed by atoms with E-state index in [9.17, 15) is 4.79 Å². The summed E-state index contributed by atoms with van der Waals surface area (Å²) in [6.45, 7) is 0. The van der Waals surface area contributed by atoms with Crippen LogP contribution in [-0.4, -0.2) is 10.9 Å². The molecule has 0 bridgehead atoms. The minimum absolute atomic E-state index is 0.0376. The van der Waals surface area contributed by atoms with Crippen molar-refractivity contribution in [3.63, 3.8) is 0 Å². The zero-order valence-electron chi connectivity index (χ0n) is 7.16. The van der Waals surface area contributed by atoms with Crippen molar-refractivity contribution in [2.24, 2.45) is 0 Å². The van der Waals surface area contributed by atoms with Gasteiger partial charge in [-0.05, 0) is 18.4 Å². The Morgan fingerprint density at radius 2 is 2.00 bits per heavy atom. The largest absolute Gasteiger partial charge is 0.515 e. The molecular weight excluding hydrogens is 164 g/mol. The molecule has 1 aromatic carbocycles. The number of benzene rings is 1. The highest BCUT2D eigenvalue weighted by Gasteiger charge is 2.20. The van der Waals surface area contributed by atoms with Crippen molar-refractivity contribution in [3.8, 4) is 0 Å². The lowest BCUT2D eigenvalue weighted by Gasteiger charge is -2.15. The molecule has 66 valence electrons. The lowest BCUT2D eigenvalue weighted by atomic mass is 9.88. The van der Waals surface area contributed by atoms with Crippen molar-refractivity contribution in [1.82, 2.24) is 0 Å². The summed E-state index contributed by atoms with van der Waals surface area (Å²) in [5, 5.41) is 8.80. The first kappa shape index (κ1) is 8.05. The molecule has 0 spiro atoms. The first-order chi connectivity index (χ1) is 6.33. The van der Waals surface area contributed by atoms with Crippen LogP contribution >= 0.6 is 0 Å². The lowest BCUT2D eigenvalue weighted by molar-refractivity contribution is 0.102. The van der Waals surface area contributed by atoms with Crippen molar-refractivity contribution in [1.29, 1.82) is 0 Å². The fourth-order valence-corrected chi connectivity index (χ4v) is 1.64. The number of fused-ring (bicyclic) bond motifs is 1. The van der Waals surface area contributed by atoms with Crippen molar-refractivity contribution in [2.75, 3.05) is 0 Å². The maximum atomic E-state index is 11.6. The Labute approximate surface area is 76.5 Å². The van der Waals surface area contributed by atoms with Crippen LogP contribution in [0, 0.1) is 0 Å². The topological polar surface area (TPSA) is 37.3 Å². The molecule has 1 N–H and O–H groups in total. The highest BCUT2D eigenvalue weighted by Crippen LogP contribution is 2.24. The van der Waals surface area contributed by atoms with Gasteiger partial charge in [0.15, 0.2) is 5.78 Å². The number of aliphatic hydroxyl groups is 1. The van der Waals surface area contributed by atoms with Gasteiger partial charge >= 0.3 is 0 Å². The normalized spacial score (nSPS) is 18.8. The van der Waals surface area contributed by atoms with Gasteiger partial charge in [0.1, 0.15) is 0 Å². The quantitative estimate of drug-likeness (QED) is 0.484. The molecule has 2 rings (SSSR count). The summed E-state index contributed by atoms with van der Waals surface area (Å²) in [5.41, 5.74) is 2.32. The van der Waals surface area contributed by atoms with Gasteiger partial charge in [-0.15, -0.1) is 0 Å². The minimum Gasteiger partial charge on any atom is -0.515 e. The molecule has 2 heteroatoms. The highest BCUT2D eigenvalue weighted by molar-refractivity contribution is 6.10. The molecule has 0 radical (unpaired) electrons. The van der Waals surface area contributed by atoms with Gasteiger partial charge in [0.25, 0.3) is 0 Å². The number of hydrogen-bond donors (Lipinski definition) is 1. The van der Waals surface area contributed by atoms with E-state index in [0.717, 1.165) is 23.8 Å². The summed E-state index contributed by atoms with van der Waals surface area (Å²) in [4.78, 5) is 11.6. The Morgan fingerprint density at radius 1 is 1.23 bits per heavy atom. The van der Waals surface area contributed by atoms with Gasteiger partial charge in [-0.2, -0.15) is 0 Å². The molecule has 1 aliphatic rings. The number of carbonyl (C=O) groups excluding carboxylic acids is 1. The van der Waals surface area contributed by atoms with Crippen LogP contribution in [0.2, 0.25) is 0 Å². The summed E-state index contributed by atoms with van der Waals surface area (Å²) in [6, 6.07) is 7.54. The van der Waals surface area contributed by atoms with E-state index in [2.05, 4.69) is 0 Å². The highest BCUT2D eigenvalue weighted by atomic mass is 16.2. The van der Waals surface area contributed by atoms with E-state index in [1.165, 1.54) is 0 Å². The molecular formula is C11H10O2. The number of Topliss-reactive ketones (excluding diaryl/α,β-unsaturated/α-hetero) is 1. The number of aliphatic hydroxyl groups excluding tert-OH is 1. The number of carbonyl (C=O) groups is 1. The smallest absolute Gasteiger partial charge is 0.192 e. The van der Waals surface area contributed by atoms with E-state index in [1.807, 2.05) is 18.2 Å². The average molecular weight is 174 g/mol. The third-order valence-corrected chi connectivity index (χ3v) is 2.37. The number of allylic oxidation sites excluding steroid dienone is 1. The number of aryl methyl sites for hydroxylation is 1. The Bertz CT molecular complexity index is 377. The second-order valence-corrected chi connectivity index (χ2v) is 3.14. The zero-order valence-corrected chi connectivity index (χ0v) is 7.16. The standard InChI is InChI=1S/C11H10O2/c12-7-9-6-5-8-3-1-2-4-10(8)11(9)13/h1-4,7,12H,5-6H2/b9-7-. The molecule has 1 aromatic rings. The molecule has 0 unspecified atom stereocenters. The Balaban J connectivity index is 2.51. The Kier molecular flexibility index (Phi) is 1.89. The first-order valence-corrected chi connectivity index (χ1v) is 4.29. The summed E-state index contributed by atoms with van der Waals surface area (Å²) in [6.07, 6.45) is 2.42. The molecule has 0 aromatic heterocycles. The van der Waals surface area contributed by atoms with Gasteiger partial charge in [-0.3, -0.25) is 4.79 Å². The fraction of sp³-hybridized carbons (Fsp3) is 0.182. The molecule has 13 heavy (non-hydrogen) atoms. The average Bonchev–Trinajstić information content (AvgIpc) is 2.19. The molecule has 2 nitrogen and oxygen atoms in total. The van der Waals surface area contributed by atoms with E-state index in [1.54, 1.807) is 6.07 Å². The number of ketones is 1. The van der Waals surface area contributed by atoms with E-state index < -0.39 is 0 Å². The SMILES string of the molecule is O=C1/C(=C\O)CCc2ccccc21. The zero-order chi connectivity index (χ0) is 9.26.